The fraction of sp³-hybridized carbons (Fsp3) is 0.333. The number of hydrogen-bond acceptors (Lipinski definition) is 4. The van der Waals surface area contributed by atoms with Crippen LogP contribution in [0.15, 0.2) is 71.1 Å². The molecule has 1 atom stereocenters. The smallest absolute Gasteiger partial charge is 0.310 e. The van der Waals surface area contributed by atoms with Crippen LogP contribution in [0, 0.1) is 19.7 Å². The minimum atomic E-state index is -1.07. The predicted octanol–water partition coefficient (Wildman–Crippen LogP) is 6.94. The number of carbonyl (C=O) groups excluding carboxylic acids is 2. The van der Waals surface area contributed by atoms with Crippen LogP contribution >= 0.6 is 0 Å². The van der Waals surface area contributed by atoms with Gasteiger partial charge in [-0.2, -0.15) is 0 Å². The number of nitrogens with zero attached hydrogens (tertiary/aromatic N) is 1. The molecule has 0 radical (unpaired) electrons. The molecule has 0 saturated carbocycles. The monoisotopic (exact) mass is 617 g/mol. The van der Waals surface area contributed by atoms with Gasteiger partial charge in [-0.25, -0.2) is 4.39 Å². The van der Waals surface area contributed by atoms with Crippen LogP contribution < -0.4 is 5.32 Å². The predicted molar refractivity (Wildman–Crippen MR) is 177 cm³/mol. The van der Waals surface area contributed by atoms with Crippen LogP contribution in [0.3, 0.4) is 0 Å². The number of quaternary nitrogens is 1. The van der Waals surface area contributed by atoms with Gasteiger partial charge in [0.2, 0.25) is 0 Å². The Morgan fingerprint density at radius 2 is 1.64 bits per heavy atom. The van der Waals surface area contributed by atoms with Gasteiger partial charge in [0.15, 0.2) is 11.4 Å². The molecule has 3 aromatic carbocycles. The molecule has 0 saturated heterocycles. The van der Waals surface area contributed by atoms with Crippen LogP contribution in [0.25, 0.3) is 17.2 Å². The molecule has 1 unspecified atom stereocenters. The summed E-state index contributed by atoms with van der Waals surface area (Å²) in [7, 11) is 0. The molecule has 1 aliphatic carbocycles. The van der Waals surface area contributed by atoms with E-state index < -0.39 is 17.1 Å². The summed E-state index contributed by atoms with van der Waals surface area (Å²) in [5.74, 6) is -0.832. The third-order valence-corrected chi connectivity index (χ3v) is 9.63. The van der Waals surface area contributed by atoms with Gasteiger partial charge < -0.3 is 19.1 Å². The highest BCUT2D eigenvalue weighted by Gasteiger charge is 2.29. The van der Waals surface area contributed by atoms with Crippen molar-refractivity contribution in [2.24, 2.45) is 0 Å². The number of ether oxygens (including phenoxy) is 1. The molecule has 3 aromatic rings. The number of benzene rings is 3. The zero-order valence-electron chi connectivity index (χ0n) is 26.5. The Hall–Kier alpha value is -3.72. The fourth-order valence-electron chi connectivity index (χ4n) is 5.79. The van der Waals surface area contributed by atoms with Crippen molar-refractivity contribution in [3.8, 4) is 0 Å². The quantitative estimate of drug-likeness (QED) is 0.136. The second kappa shape index (κ2) is 14.4. The summed E-state index contributed by atoms with van der Waals surface area (Å²) >= 11 is -1.07. The molecule has 6 nitrogen and oxygen atoms in total. The lowest BCUT2D eigenvalue weighted by Crippen LogP contribution is -2.54. The van der Waals surface area contributed by atoms with E-state index >= 15 is 0 Å². The van der Waals surface area contributed by atoms with E-state index in [1.54, 1.807) is 12.3 Å². The average molecular weight is 618 g/mol. The van der Waals surface area contributed by atoms with E-state index in [0.29, 0.717) is 29.7 Å². The Morgan fingerprint density at radius 1 is 0.977 bits per heavy atom. The number of amides is 1. The molecule has 0 fully saturated rings. The van der Waals surface area contributed by atoms with Crippen molar-refractivity contribution in [3.63, 3.8) is 0 Å². The number of esters is 1. The third kappa shape index (κ3) is 7.67. The fourth-order valence-corrected chi connectivity index (χ4v) is 6.31. The second-order valence-corrected chi connectivity index (χ2v) is 12.8. The van der Waals surface area contributed by atoms with Crippen molar-refractivity contribution in [1.82, 2.24) is 0 Å². The van der Waals surface area contributed by atoms with E-state index in [4.69, 9.17) is 4.74 Å². The van der Waals surface area contributed by atoms with Crippen LogP contribution in [-0.2, 0) is 25.5 Å². The van der Waals surface area contributed by atoms with Crippen molar-refractivity contribution in [2.75, 3.05) is 44.4 Å². The number of hydrogen-bond donors (Lipinski definition) is 1. The summed E-state index contributed by atoms with van der Waals surface area (Å²) in [6.07, 6.45) is 3.66. The molecule has 0 heterocycles. The zero-order valence-corrected chi connectivity index (χ0v) is 27.3. The van der Waals surface area contributed by atoms with Crippen LogP contribution in [0.4, 0.5) is 10.1 Å². The number of anilines is 1. The van der Waals surface area contributed by atoms with E-state index in [1.165, 1.54) is 12.1 Å². The Morgan fingerprint density at radius 3 is 2.25 bits per heavy atom. The van der Waals surface area contributed by atoms with Gasteiger partial charge in [-0.05, 0) is 133 Å². The molecule has 1 aliphatic rings. The second-order valence-electron chi connectivity index (χ2n) is 11.4. The topological polar surface area (TPSA) is 78.5 Å². The minimum absolute atomic E-state index is 0.0126. The minimum Gasteiger partial charge on any atom is -0.612 e. The number of likely N-dealkylation sites (N-methyl/N-ethyl adjacent to an activating group) is 1. The first kappa shape index (κ1) is 33.2. The Bertz CT molecular complexity index is 1570. The summed E-state index contributed by atoms with van der Waals surface area (Å²) in [6.45, 7) is 12.4. The largest absolute Gasteiger partial charge is 0.612 e. The number of nitrogens with one attached hydrogen (secondary N) is 1. The summed E-state index contributed by atoms with van der Waals surface area (Å²) in [4.78, 5) is 26.9. The van der Waals surface area contributed by atoms with E-state index in [2.05, 4.69) is 5.32 Å². The van der Waals surface area contributed by atoms with Crippen LogP contribution in [-0.4, -0.2) is 60.0 Å². The highest BCUT2D eigenvalue weighted by atomic mass is 32.2. The standard InChI is InChI=1S/C36H41FN2O4S/c1-7-39(8-2,23-34(40)38-36-24(3)10-9-11-25(36)4)18-19-43-35(41)22-32-26(5)31(30-17-14-28(37)21-33(30)32)20-27-12-15-29(16-13-27)44(6)42/h9-17,20-21H,7-8,18-19,22-23H2,1-6H3/p+1/b31-20-. The van der Waals surface area contributed by atoms with Gasteiger partial charge in [-0.1, -0.05) is 24.3 Å². The first-order chi connectivity index (χ1) is 21.0. The van der Waals surface area contributed by atoms with E-state index in [0.717, 1.165) is 49.6 Å². The van der Waals surface area contributed by atoms with Crippen LogP contribution in [0.2, 0.25) is 0 Å². The van der Waals surface area contributed by atoms with Gasteiger partial charge >= 0.3 is 5.97 Å². The summed E-state index contributed by atoms with van der Waals surface area (Å²) in [5, 5.41) is 3.08. The number of aryl methyl sites for hydroxylation is 2. The highest BCUT2D eigenvalue weighted by Crippen LogP contribution is 2.44. The number of para-hydroxylation sites is 1. The average Bonchev–Trinajstić information content (AvgIpc) is 3.23. The molecule has 0 bridgehead atoms. The van der Waals surface area contributed by atoms with Crippen molar-refractivity contribution in [1.29, 1.82) is 0 Å². The number of fused-ring (bicyclic) bond motifs is 1. The molecule has 4 rings (SSSR count). The zero-order chi connectivity index (χ0) is 32.0. The van der Waals surface area contributed by atoms with Gasteiger partial charge in [-0.15, -0.1) is 0 Å². The molecule has 232 valence electrons. The van der Waals surface area contributed by atoms with Gasteiger partial charge in [0.05, 0.1) is 19.5 Å². The Kier molecular flexibility index (Phi) is 10.8. The molecular formula is C36H42FN2O4S+. The molecule has 0 aliphatic heterocycles. The first-order valence-electron chi connectivity index (χ1n) is 15.0. The van der Waals surface area contributed by atoms with Crippen molar-refractivity contribution >= 4 is 46.0 Å². The molecule has 0 spiro atoms. The lowest BCUT2D eigenvalue weighted by atomic mass is 10.0. The van der Waals surface area contributed by atoms with Crippen molar-refractivity contribution in [2.45, 2.75) is 45.9 Å². The van der Waals surface area contributed by atoms with Crippen LogP contribution in [0.1, 0.15) is 55.0 Å². The normalized spacial score (nSPS) is 14.5. The number of halogens is 1. The number of allylic oxidation sites excluding steroid dienone is 2. The highest BCUT2D eigenvalue weighted by molar-refractivity contribution is 7.90. The molecule has 44 heavy (non-hydrogen) atoms. The van der Waals surface area contributed by atoms with Gasteiger partial charge in [0, 0.05) is 5.69 Å². The molecule has 1 amide bonds. The van der Waals surface area contributed by atoms with E-state index in [1.807, 2.05) is 83.2 Å². The van der Waals surface area contributed by atoms with E-state index in [9.17, 15) is 18.5 Å². The first-order valence-corrected chi connectivity index (χ1v) is 16.5. The van der Waals surface area contributed by atoms with Crippen molar-refractivity contribution in [3.05, 3.63) is 99.9 Å². The van der Waals surface area contributed by atoms with Gasteiger partial charge in [0.25, 0.3) is 5.91 Å². The van der Waals surface area contributed by atoms with Gasteiger partial charge in [0.1, 0.15) is 25.2 Å². The molecule has 1 N–H and O–H groups in total. The van der Waals surface area contributed by atoms with E-state index in [-0.39, 0.29) is 31.3 Å². The van der Waals surface area contributed by atoms with Gasteiger partial charge in [-0.3, -0.25) is 9.59 Å². The van der Waals surface area contributed by atoms with Crippen LogP contribution in [0.5, 0.6) is 0 Å². The van der Waals surface area contributed by atoms with Crippen molar-refractivity contribution < 1.29 is 27.8 Å². The summed E-state index contributed by atoms with van der Waals surface area (Å²) < 4.78 is 32.3. The maximum Gasteiger partial charge on any atom is 0.310 e. The summed E-state index contributed by atoms with van der Waals surface area (Å²) in [5.41, 5.74) is 7.88. The Labute approximate surface area is 263 Å². The molecule has 8 heteroatoms. The maximum absolute atomic E-state index is 14.3. The number of carbonyl (C=O) groups is 2. The number of rotatable bonds is 12. The summed E-state index contributed by atoms with van der Waals surface area (Å²) in [6, 6.07) is 18.0. The lowest BCUT2D eigenvalue weighted by molar-refractivity contribution is -0.917. The third-order valence-electron chi connectivity index (χ3n) is 8.69. The lowest BCUT2D eigenvalue weighted by Gasteiger charge is -2.36. The molecule has 0 aromatic heterocycles. The maximum atomic E-state index is 14.3. The molecular weight excluding hydrogens is 575 g/mol. The Balaban J connectivity index is 1.45. The SMILES string of the molecule is CC[N+](CC)(CCOC(=O)CC1=C(C)/C(=C/c2ccc([S+](C)[O-])cc2)c2ccc(F)cc21)CC(=O)Nc1c(C)cccc1C.